The van der Waals surface area contributed by atoms with Crippen molar-refractivity contribution in [1.29, 1.82) is 0 Å². The van der Waals surface area contributed by atoms with Gasteiger partial charge in [0.05, 0.1) is 7.11 Å². The van der Waals surface area contributed by atoms with Gasteiger partial charge < -0.3 is 35.1 Å². The monoisotopic (exact) mass is 574 g/mol. The summed E-state index contributed by atoms with van der Waals surface area (Å²) in [4.78, 5) is 27.3. The van der Waals surface area contributed by atoms with Gasteiger partial charge in [-0.1, -0.05) is 13.3 Å². The molecule has 0 aromatic heterocycles. The van der Waals surface area contributed by atoms with E-state index in [0.29, 0.717) is 34.2 Å². The molecule has 0 bridgehead atoms. The van der Waals surface area contributed by atoms with Gasteiger partial charge >= 0.3 is 6.03 Å². The van der Waals surface area contributed by atoms with Crippen molar-refractivity contribution in [2.45, 2.75) is 58.6 Å². The van der Waals surface area contributed by atoms with Gasteiger partial charge in [-0.05, 0) is 100 Å². The minimum absolute atomic E-state index is 0.0238. The smallest absolute Gasteiger partial charge is 0.319 e. The van der Waals surface area contributed by atoms with E-state index in [1.54, 1.807) is 54.6 Å². The number of anilines is 2. The Kier molecular flexibility index (Phi) is 11.1. The molecule has 1 aliphatic heterocycles. The highest BCUT2D eigenvalue weighted by Gasteiger charge is 2.20. The van der Waals surface area contributed by atoms with Crippen molar-refractivity contribution in [3.8, 4) is 23.0 Å². The number of hydrogen-bond donors (Lipinski definition) is 3. The maximum Gasteiger partial charge on any atom is 0.319 e. The molecule has 0 unspecified atom stereocenters. The van der Waals surface area contributed by atoms with Gasteiger partial charge in [-0.25, -0.2) is 4.79 Å². The molecule has 3 amide bonds. The molecule has 0 saturated carbocycles. The van der Waals surface area contributed by atoms with Crippen molar-refractivity contribution >= 4 is 23.3 Å². The SMILES string of the molecule is CCCCN1CCC(Oc2ccc(C(=O)Nc3ccc(Oc4ccc(NC(=O)NC(C)C)cc4OC)cc3)cc2)CC1. The quantitative estimate of drug-likeness (QED) is 0.217. The molecule has 0 spiro atoms. The molecule has 1 aliphatic rings. The molecule has 0 atom stereocenters. The van der Waals surface area contributed by atoms with Crippen molar-refractivity contribution in [3.05, 3.63) is 72.3 Å². The molecule has 224 valence electrons. The zero-order valence-electron chi connectivity index (χ0n) is 24.9. The van der Waals surface area contributed by atoms with Gasteiger partial charge in [0.1, 0.15) is 17.6 Å². The van der Waals surface area contributed by atoms with Gasteiger partial charge in [0, 0.05) is 42.1 Å². The third-order valence-corrected chi connectivity index (χ3v) is 6.96. The van der Waals surface area contributed by atoms with Crippen LogP contribution in [0, 0.1) is 0 Å². The number of piperidine rings is 1. The van der Waals surface area contributed by atoms with E-state index in [1.807, 2.05) is 26.0 Å². The highest BCUT2D eigenvalue weighted by atomic mass is 16.5. The number of ether oxygens (including phenoxy) is 3. The van der Waals surface area contributed by atoms with Crippen LogP contribution in [0.4, 0.5) is 16.2 Å². The van der Waals surface area contributed by atoms with Gasteiger partial charge in [-0.15, -0.1) is 0 Å². The number of amides is 3. The number of carbonyl (C=O) groups is 2. The lowest BCUT2D eigenvalue weighted by atomic mass is 10.1. The highest BCUT2D eigenvalue weighted by Crippen LogP contribution is 2.34. The van der Waals surface area contributed by atoms with Crippen LogP contribution in [0.1, 0.15) is 56.8 Å². The summed E-state index contributed by atoms with van der Waals surface area (Å²) in [7, 11) is 1.54. The first-order valence-corrected chi connectivity index (χ1v) is 14.7. The first kappa shape index (κ1) is 30.7. The predicted octanol–water partition coefficient (Wildman–Crippen LogP) is 6.91. The molecule has 42 heavy (non-hydrogen) atoms. The van der Waals surface area contributed by atoms with Crippen LogP contribution in [0.15, 0.2) is 66.7 Å². The number of hydrogen-bond acceptors (Lipinski definition) is 6. The zero-order chi connectivity index (χ0) is 29.9. The summed E-state index contributed by atoms with van der Waals surface area (Å²) < 4.78 is 17.6. The standard InChI is InChI=1S/C33H42N4O5/c1-5-6-19-37-20-17-29(18-21-37)41-27-12-7-24(8-13-27)32(38)35-25-9-14-28(15-10-25)42-30-16-11-26(22-31(30)40-4)36-33(39)34-23(2)3/h7-16,22-23,29H,5-6,17-21H2,1-4H3,(H,35,38)(H2,34,36,39). The summed E-state index contributed by atoms with van der Waals surface area (Å²) >= 11 is 0. The third kappa shape index (κ3) is 9.14. The third-order valence-electron chi connectivity index (χ3n) is 6.96. The number of rotatable bonds is 12. The van der Waals surface area contributed by atoms with Gasteiger partial charge in [-0.3, -0.25) is 4.79 Å². The lowest BCUT2D eigenvalue weighted by molar-refractivity contribution is 0.0996. The lowest BCUT2D eigenvalue weighted by Gasteiger charge is -2.32. The van der Waals surface area contributed by atoms with Crippen LogP contribution in [0.2, 0.25) is 0 Å². The average molecular weight is 575 g/mol. The Morgan fingerprint density at radius 3 is 2.19 bits per heavy atom. The van der Waals surface area contributed by atoms with E-state index >= 15 is 0 Å². The number of likely N-dealkylation sites (tertiary alicyclic amines) is 1. The molecule has 3 aromatic rings. The summed E-state index contributed by atoms with van der Waals surface area (Å²) in [6, 6.07) is 19.3. The van der Waals surface area contributed by atoms with Crippen molar-refractivity contribution in [3.63, 3.8) is 0 Å². The molecular formula is C33H42N4O5. The number of nitrogens with one attached hydrogen (secondary N) is 3. The largest absolute Gasteiger partial charge is 0.493 e. The summed E-state index contributed by atoms with van der Waals surface area (Å²) in [5.74, 6) is 2.12. The first-order chi connectivity index (χ1) is 20.3. The normalized spacial score (nSPS) is 13.8. The summed E-state index contributed by atoms with van der Waals surface area (Å²) in [5, 5.41) is 8.47. The van der Waals surface area contributed by atoms with Crippen LogP contribution in [0.5, 0.6) is 23.0 Å². The fourth-order valence-electron chi connectivity index (χ4n) is 4.71. The second kappa shape index (κ2) is 15.1. The van der Waals surface area contributed by atoms with E-state index in [-0.39, 0.29) is 24.1 Å². The summed E-state index contributed by atoms with van der Waals surface area (Å²) in [6.07, 6.45) is 4.74. The molecule has 3 N–H and O–H groups in total. The summed E-state index contributed by atoms with van der Waals surface area (Å²) in [6.45, 7) is 9.32. The van der Waals surface area contributed by atoms with Crippen molar-refractivity contribution in [1.82, 2.24) is 10.2 Å². The van der Waals surface area contributed by atoms with Gasteiger partial charge in [0.15, 0.2) is 11.5 Å². The van der Waals surface area contributed by atoms with Gasteiger partial charge in [0.25, 0.3) is 5.91 Å². The maximum absolute atomic E-state index is 12.8. The molecular weight excluding hydrogens is 532 g/mol. The molecule has 9 heteroatoms. The molecule has 9 nitrogen and oxygen atoms in total. The molecule has 1 fully saturated rings. The molecule has 0 aliphatic carbocycles. The van der Waals surface area contributed by atoms with Crippen LogP contribution in [0.3, 0.4) is 0 Å². The minimum atomic E-state index is -0.295. The Labute approximate surface area is 248 Å². The van der Waals surface area contributed by atoms with Crippen molar-refractivity contribution < 1.29 is 23.8 Å². The van der Waals surface area contributed by atoms with E-state index in [2.05, 4.69) is 27.8 Å². The van der Waals surface area contributed by atoms with Gasteiger partial charge in [0.2, 0.25) is 0 Å². The Morgan fingerprint density at radius 2 is 1.55 bits per heavy atom. The van der Waals surface area contributed by atoms with E-state index in [0.717, 1.165) is 31.7 Å². The Balaban J connectivity index is 1.27. The topological polar surface area (TPSA) is 101 Å². The fraction of sp³-hybridized carbons (Fsp3) is 0.394. The molecule has 4 rings (SSSR count). The Bertz CT molecular complexity index is 1300. The average Bonchev–Trinajstić information content (AvgIpc) is 2.98. The molecule has 1 saturated heterocycles. The van der Waals surface area contributed by atoms with Crippen LogP contribution in [-0.4, -0.2) is 55.7 Å². The second-order valence-electron chi connectivity index (χ2n) is 10.7. The minimum Gasteiger partial charge on any atom is -0.493 e. The number of urea groups is 1. The number of methoxy groups -OCH3 is 1. The molecule has 1 heterocycles. The van der Waals surface area contributed by atoms with Crippen LogP contribution in [0.25, 0.3) is 0 Å². The van der Waals surface area contributed by atoms with Crippen LogP contribution in [-0.2, 0) is 0 Å². The predicted molar refractivity (Wildman–Crippen MR) is 166 cm³/mol. The maximum atomic E-state index is 12.8. The Morgan fingerprint density at radius 1 is 0.881 bits per heavy atom. The summed E-state index contributed by atoms with van der Waals surface area (Å²) in [5.41, 5.74) is 1.78. The molecule has 0 radical (unpaired) electrons. The van der Waals surface area contributed by atoms with Crippen molar-refractivity contribution in [2.24, 2.45) is 0 Å². The number of unbranched alkanes of at least 4 members (excludes halogenated alkanes) is 1. The number of nitrogens with zero attached hydrogens (tertiary/aromatic N) is 1. The van der Waals surface area contributed by atoms with Crippen molar-refractivity contribution in [2.75, 3.05) is 37.4 Å². The van der Waals surface area contributed by atoms with E-state index in [9.17, 15) is 9.59 Å². The second-order valence-corrected chi connectivity index (χ2v) is 10.7. The highest BCUT2D eigenvalue weighted by molar-refractivity contribution is 6.04. The van der Waals surface area contributed by atoms with Crippen LogP contribution >= 0.6 is 0 Å². The number of benzene rings is 3. The van der Waals surface area contributed by atoms with Gasteiger partial charge in [-0.2, -0.15) is 0 Å². The fourth-order valence-corrected chi connectivity index (χ4v) is 4.71. The Hall–Kier alpha value is -4.24. The van der Waals surface area contributed by atoms with Crippen LogP contribution < -0.4 is 30.2 Å². The number of carbonyl (C=O) groups excluding carboxylic acids is 2. The first-order valence-electron chi connectivity index (χ1n) is 14.7. The van der Waals surface area contributed by atoms with E-state index in [1.165, 1.54) is 26.5 Å². The van der Waals surface area contributed by atoms with E-state index < -0.39 is 0 Å². The molecule has 3 aromatic carbocycles. The zero-order valence-corrected chi connectivity index (χ0v) is 24.9. The lowest BCUT2D eigenvalue weighted by Crippen LogP contribution is -2.38. The van der Waals surface area contributed by atoms with E-state index in [4.69, 9.17) is 14.2 Å².